The van der Waals surface area contributed by atoms with Crippen LogP contribution in [0.2, 0.25) is 0 Å². The molecule has 7 aromatic carbocycles. The van der Waals surface area contributed by atoms with E-state index in [-0.39, 0.29) is 0 Å². The fourth-order valence-electron chi connectivity index (χ4n) is 7.31. The fraction of sp³-hybridized carbons (Fsp3) is 0.0455. The molecule has 46 heavy (non-hydrogen) atoms. The largest absolute Gasteiger partial charge is 0.456 e. The van der Waals surface area contributed by atoms with Crippen LogP contribution in [0.1, 0.15) is 18.1 Å². The first-order valence-corrected chi connectivity index (χ1v) is 15.8. The molecule has 0 aliphatic rings. The molecule has 9 rings (SSSR count). The summed E-state index contributed by atoms with van der Waals surface area (Å²) in [6, 6.07) is 47.4. The highest BCUT2D eigenvalue weighted by molar-refractivity contribution is 6.22. The van der Waals surface area contributed by atoms with E-state index in [2.05, 4.69) is 147 Å². The summed E-state index contributed by atoms with van der Waals surface area (Å²) >= 11 is 0. The van der Waals surface area contributed by atoms with E-state index in [1.165, 1.54) is 49.7 Å². The Labute approximate surface area is 266 Å². The van der Waals surface area contributed by atoms with Gasteiger partial charge in [-0.3, -0.25) is 0 Å². The van der Waals surface area contributed by atoms with Gasteiger partial charge in [0, 0.05) is 16.2 Å². The van der Waals surface area contributed by atoms with Crippen LogP contribution in [0.5, 0.6) is 0 Å². The van der Waals surface area contributed by atoms with E-state index in [4.69, 9.17) is 8.83 Å². The van der Waals surface area contributed by atoms with Crippen molar-refractivity contribution in [2.24, 2.45) is 0 Å². The molecule has 0 aliphatic carbocycles. The Morgan fingerprint density at radius 2 is 1.07 bits per heavy atom. The zero-order valence-electron chi connectivity index (χ0n) is 25.7. The molecule has 0 saturated heterocycles. The van der Waals surface area contributed by atoms with Crippen LogP contribution in [-0.2, 0) is 0 Å². The number of allylic oxidation sites excluding steroid dienone is 1. The minimum absolute atomic E-state index is 0.836. The van der Waals surface area contributed by atoms with Gasteiger partial charge in [0.1, 0.15) is 22.3 Å². The second kappa shape index (κ2) is 10.4. The van der Waals surface area contributed by atoms with Crippen molar-refractivity contribution < 1.29 is 8.83 Å². The van der Waals surface area contributed by atoms with Crippen LogP contribution in [0.3, 0.4) is 0 Å². The first kappa shape index (κ1) is 26.5. The first-order valence-electron chi connectivity index (χ1n) is 15.8. The molecule has 9 aromatic rings. The molecule has 0 unspecified atom stereocenters. The van der Waals surface area contributed by atoms with E-state index >= 15 is 0 Å². The Balaban J connectivity index is 1.29. The SMILES string of the molecule is C/C=C\c1c(C)c(-c2ccc(-c3ccccc3)cc2)c2ccccc2c1-c1ccc2oc3ccc4c5ccccc5oc4c3c2c1. The predicted octanol–water partition coefficient (Wildman–Crippen LogP) is 13.0. The number of hydrogen-bond donors (Lipinski definition) is 0. The van der Waals surface area contributed by atoms with Crippen LogP contribution >= 0.6 is 0 Å². The molecule has 0 amide bonds. The summed E-state index contributed by atoms with van der Waals surface area (Å²) in [6.07, 6.45) is 4.40. The molecular formula is C44H30O2. The highest BCUT2D eigenvalue weighted by Crippen LogP contribution is 2.45. The van der Waals surface area contributed by atoms with Crippen LogP contribution in [0.15, 0.2) is 148 Å². The quantitative estimate of drug-likeness (QED) is 0.204. The number of fused-ring (bicyclic) bond motifs is 8. The van der Waals surface area contributed by atoms with Gasteiger partial charge in [0.05, 0.1) is 5.39 Å². The molecule has 0 radical (unpaired) electrons. The first-order chi connectivity index (χ1) is 22.7. The van der Waals surface area contributed by atoms with Gasteiger partial charge in [-0.05, 0) is 99.5 Å². The van der Waals surface area contributed by atoms with E-state index < -0.39 is 0 Å². The second-order valence-electron chi connectivity index (χ2n) is 12.0. The standard InChI is InChI=1S/C44H30O2/c1-3-11-32-27(2)41(30-20-18-29(19-21-30)28-12-5-4-6-13-28)34-15-7-8-16-35(34)42(32)31-22-24-39-37(26-31)43-40(45-39)25-23-36-33-14-9-10-17-38(33)46-44(36)43/h3-26H,1-2H3/b11-3-. The molecule has 0 aliphatic heterocycles. The summed E-state index contributed by atoms with van der Waals surface area (Å²) in [5.74, 6) is 0. The molecule has 2 heterocycles. The molecule has 2 nitrogen and oxygen atoms in total. The lowest BCUT2D eigenvalue weighted by Gasteiger charge is -2.20. The highest BCUT2D eigenvalue weighted by atomic mass is 16.3. The molecule has 218 valence electrons. The third kappa shape index (κ3) is 3.97. The number of rotatable bonds is 4. The highest BCUT2D eigenvalue weighted by Gasteiger charge is 2.21. The third-order valence-electron chi connectivity index (χ3n) is 9.39. The maximum atomic E-state index is 6.46. The van der Waals surface area contributed by atoms with Crippen molar-refractivity contribution in [3.8, 4) is 33.4 Å². The molecule has 0 fully saturated rings. The summed E-state index contributed by atoms with van der Waals surface area (Å²) in [6.45, 7) is 4.35. The van der Waals surface area contributed by atoms with Crippen LogP contribution in [0.4, 0.5) is 0 Å². The Hall–Kier alpha value is -5.86. The molecule has 0 spiro atoms. The molecule has 0 bridgehead atoms. The average Bonchev–Trinajstić information content (AvgIpc) is 3.67. The minimum atomic E-state index is 0.836. The van der Waals surface area contributed by atoms with Gasteiger partial charge < -0.3 is 8.83 Å². The van der Waals surface area contributed by atoms with Crippen molar-refractivity contribution in [3.05, 3.63) is 151 Å². The Morgan fingerprint density at radius 3 is 1.85 bits per heavy atom. The maximum Gasteiger partial charge on any atom is 0.147 e. The second-order valence-corrected chi connectivity index (χ2v) is 12.0. The van der Waals surface area contributed by atoms with Crippen LogP contribution in [-0.4, -0.2) is 0 Å². The third-order valence-corrected chi connectivity index (χ3v) is 9.39. The van der Waals surface area contributed by atoms with E-state index in [0.717, 1.165) is 49.4 Å². The van der Waals surface area contributed by atoms with Gasteiger partial charge in [0.25, 0.3) is 0 Å². The van der Waals surface area contributed by atoms with Crippen LogP contribution in [0, 0.1) is 6.92 Å². The van der Waals surface area contributed by atoms with Gasteiger partial charge in [-0.1, -0.05) is 115 Å². The predicted molar refractivity (Wildman–Crippen MR) is 194 cm³/mol. The summed E-state index contributed by atoms with van der Waals surface area (Å²) in [5, 5.41) is 6.78. The maximum absolute atomic E-state index is 6.46. The monoisotopic (exact) mass is 590 g/mol. The minimum Gasteiger partial charge on any atom is -0.456 e. The van der Waals surface area contributed by atoms with Crippen molar-refractivity contribution in [2.75, 3.05) is 0 Å². The molecule has 0 N–H and O–H groups in total. The zero-order chi connectivity index (χ0) is 30.8. The van der Waals surface area contributed by atoms with E-state index in [1.54, 1.807) is 0 Å². The smallest absolute Gasteiger partial charge is 0.147 e. The molecule has 2 aromatic heterocycles. The van der Waals surface area contributed by atoms with Gasteiger partial charge in [-0.2, -0.15) is 0 Å². The van der Waals surface area contributed by atoms with Crippen molar-refractivity contribution in [3.63, 3.8) is 0 Å². The van der Waals surface area contributed by atoms with Crippen molar-refractivity contribution in [1.82, 2.24) is 0 Å². The van der Waals surface area contributed by atoms with Crippen LogP contribution < -0.4 is 0 Å². The van der Waals surface area contributed by atoms with E-state index in [0.29, 0.717) is 0 Å². The summed E-state index contributed by atoms with van der Waals surface area (Å²) < 4.78 is 12.8. The lowest BCUT2D eigenvalue weighted by Crippen LogP contribution is -1.96. The Morgan fingerprint density at radius 1 is 0.457 bits per heavy atom. The molecule has 0 atom stereocenters. The fourth-order valence-corrected chi connectivity index (χ4v) is 7.31. The zero-order valence-corrected chi connectivity index (χ0v) is 25.7. The average molecular weight is 591 g/mol. The Bertz CT molecular complexity index is 2630. The number of para-hydroxylation sites is 1. The normalized spacial score (nSPS) is 12.0. The number of benzene rings is 7. The van der Waals surface area contributed by atoms with Crippen molar-refractivity contribution >= 4 is 60.7 Å². The van der Waals surface area contributed by atoms with E-state index in [1.807, 2.05) is 12.1 Å². The molecular weight excluding hydrogens is 560 g/mol. The topological polar surface area (TPSA) is 26.3 Å². The lowest BCUT2D eigenvalue weighted by atomic mass is 9.83. The summed E-state index contributed by atoms with van der Waals surface area (Å²) in [4.78, 5) is 0. The number of hydrogen-bond acceptors (Lipinski definition) is 2. The van der Waals surface area contributed by atoms with Gasteiger partial charge in [-0.25, -0.2) is 0 Å². The van der Waals surface area contributed by atoms with Gasteiger partial charge in [0.15, 0.2) is 0 Å². The van der Waals surface area contributed by atoms with Gasteiger partial charge >= 0.3 is 0 Å². The van der Waals surface area contributed by atoms with Crippen molar-refractivity contribution in [1.29, 1.82) is 0 Å². The summed E-state index contributed by atoms with van der Waals surface area (Å²) in [5.41, 5.74) is 13.3. The Kier molecular flexibility index (Phi) is 5.97. The summed E-state index contributed by atoms with van der Waals surface area (Å²) in [7, 11) is 0. The van der Waals surface area contributed by atoms with Crippen LogP contribution in [0.25, 0.3) is 94.1 Å². The van der Waals surface area contributed by atoms with Gasteiger partial charge in [-0.15, -0.1) is 0 Å². The molecule has 2 heteroatoms. The number of furan rings is 2. The lowest BCUT2D eigenvalue weighted by molar-refractivity contribution is 0.663. The van der Waals surface area contributed by atoms with Gasteiger partial charge in [0.2, 0.25) is 0 Å². The molecule has 0 saturated carbocycles. The van der Waals surface area contributed by atoms with E-state index in [9.17, 15) is 0 Å². The van der Waals surface area contributed by atoms with Crippen molar-refractivity contribution in [2.45, 2.75) is 13.8 Å².